The largest absolute Gasteiger partial charge is 0.398 e. The zero-order valence-corrected chi connectivity index (χ0v) is 12.6. The number of anilines is 1. The predicted molar refractivity (Wildman–Crippen MR) is 83.3 cm³/mol. The summed E-state index contributed by atoms with van der Waals surface area (Å²) in [4.78, 5) is 14.2. The minimum atomic E-state index is -0.0802. The van der Waals surface area contributed by atoms with Crippen LogP contribution in [0, 0.1) is 0 Å². The van der Waals surface area contributed by atoms with Crippen LogP contribution in [0.1, 0.15) is 23.2 Å². The molecule has 0 radical (unpaired) electrons. The zero-order valence-electron chi connectivity index (χ0n) is 11.0. The van der Waals surface area contributed by atoms with Crippen LogP contribution in [0.25, 0.3) is 0 Å². The van der Waals surface area contributed by atoms with E-state index in [1.807, 2.05) is 12.1 Å². The summed E-state index contributed by atoms with van der Waals surface area (Å²) in [5.41, 5.74) is 6.86. The maximum absolute atomic E-state index is 11.9. The summed E-state index contributed by atoms with van der Waals surface area (Å²) in [7, 11) is 2.10. The molecule has 1 saturated heterocycles. The number of carbonyl (C=O) groups excluding carboxylic acids is 1. The molecule has 4 nitrogen and oxygen atoms in total. The third-order valence-electron chi connectivity index (χ3n) is 3.38. The van der Waals surface area contributed by atoms with Gasteiger partial charge in [-0.25, -0.2) is 0 Å². The van der Waals surface area contributed by atoms with Gasteiger partial charge in [0.05, 0.1) is 5.56 Å². The van der Waals surface area contributed by atoms with Gasteiger partial charge >= 0.3 is 0 Å². The number of nitrogens with one attached hydrogen (secondary N) is 1. The summed E-state index contributed by atoms with van der Waals surface area (Å²) < 4.78 is 0. The van der Waals surface area contributed by atoms with E-state index in [0.29, 0.717) is 23.8 Å². The SMILES string of the molecule is CN1CCCC1CNC(=O)c1ccccc1N.Cl.Cl. The predicted octanol–water partition coefficient (Wildman–Crippen LogP) is 1.94. The monoisotopic (exact) mass is 305 g/mol. The van der Waals surface area contributed by atoms with Crippen LogP contribution in [0.4, 0.5) is 5.69 Å². The number of para-hydroxylation sites is 1. The van der Waals surface area contributed by atoms with Crippen molar-refractivity contribution in [3.8, 4) is 0 Å². The average molecular weight is 306 g/mol. The second-order valence-electron chi connectivity index (χ2n) is 4.57. The molecule has 1 heterocycles. The molecule has 1 fully saturated rings. The van der Waals surface area contributed by atoms with E-state index in [4.69, 9.17) is 5.73 Å². The number of likely N-dealkylation sites (tertiary alicyclic amines) is 1. The van der Waals surface area contributed by atoms with Gasteiger partial charge in [-0.05, 0) is 38.6 Å². The Morgan fingerprint density at radius 1 is 1.42 bits per heavy atom. The van der Waals surface area contributed by atoms with Crippen LogP contribution in [0.5, 0.6) is 0 Å². The summed E-state index contributed by atoms with van der Waals surface area (Å²) in [5.74, 6) is -0.0802. The molecule has 1 aliphatic rings. The molecule has 1 aromatic rings. The van der Waals surface area contributed by atoms with Crippen molar-refractivity contribution in [2.24, 2.45) is 0 Å². The van der Waals surface area contributed by atoms with Crippen LogP contribution in [0.15, 0.2) is 24.3 Å². The lowest BCUT2D eigenvalue weighted by atomic mass is 10.1. The van der Waals surface area contributed by atoms with Gasteiger partial charge in [0.2, 0.25) is 0 Å². The van der Waals surface area contributed by atoms with Gasteiger partial charge in [0, 0.05) is 18.3 Å². The first-order chi connectivity index (χ1) is 8.18. The topological polar surface area (TPSA) is 58.4 Å². The molecular formula is C13H21Cl2N3O. The number of nitrogen functional groups attached to an aromatic ring is 1. The Labute approximate surface area is 126 Å². The smallest absolute Gasteiger partial charge is 0.253 e. The number of carbonyl (C=O) groups is 1. The van der Waals surface area contributed by atoms with Crippen molar-refractivity contribution >= 4 is 36.4 Å². The molecule has 1 atom stereocenters. The molecule has 3 N–H and O–H groups in total. The minimum Gasteiger partial charge on any atom is -0.398 e. The molecule has 0 bridgehead atoms. The Morgan fingerprint density at radius 2 is 2.11 bits per heavy atom. The molecule has 2 rings (SSSR count). The van der Waals surface area contributed by atoms with Crippen LogP contribution in [-0.4, -0.2) is 37.0 Å². The van der Waals surface area contributed by atoms with Gasteiger partial charge in [0.1, 0.15) is 0 Å². The second-order valence-corrected chi connectivity index (χ2v) is 4.57. The van der Waals surface area contributed by atoms with Crippen LogP contribution >= 0.6 is 24.8 Å². The first-order valence-electron chi connectivity index (χ1n) is 6.01. The van der Waals surface area contributed by atoms with E-state index < -0.39 is 0 Å². The van der Waals surface area contributed by atoms with Crippen LogP contribution in [0.2, 0.25) is 0 Å². The summed E-state index contributed by atoms with van der Waals surface area (Å²) in [5, 5.41) is 2.95. The molecule has 0 spiro atoms. The minimum absolute atomic E-state index is 0. The fourth-order valence-corrected chi connectivity index (χ4v) is 2.25. The molecule has 1 aliphatic heterocycles. The molecule has 0 aromatic heterocycles. The summed E-state index contributed by atoms with van der Waals surface area (Å²) in [6, 6.07) is 7.62. The van der Waals surface area contributed by atoms with E-state index in [1.165, 1.54) is 6.42 Å². The van der Waals surface area contributed by atoms with Gasteiger partial charge in [0.15, 0.2) is 0 Å². The number of nitrogens with zero attached hydrogens (tertiary/aromatic N) is 1. The van der Waals surface area contributed by atoms with Crippen molar-refractivity contribution < 1.29 is 4.79 Å². The summed E-state index contributed by atoms with van der Waals surface area (Å²) in [6.07, 6.45) is 2.37. The highest BCUT2D eigenvalue weighted by Crippen LogP contribution is 2.14. The maximum atomic E-state index is 11.9. The Bertz CT molecular complexity index is 415. The molecule has 19 heavy (non-hydrogen) atoms. The Morgan fingerprint density at radius 3 is 2.68 bits per heavy atom. The number of hydrogen-bond acceptors (Lipinski definition) is 3. The van der Waals surface area contributed by atoms with Gasteiger partial charge in [0.25, 0.3) is 5.91 Å². The lowest BCUT2D eigenvalue weighted by molar-refractivity contribution is 0.0944. The third kappa shape index (κ3) is 4.56. The van der Waals surface area contributed by atoms with E-state index >= 15 is 0 Å². The van der Waals surface area contributed by atoms with Gasteiger partial charge in [-0.15, -0.1) is 24.8 Å². The highest BCUT2D eigenvalue weighted by atomic mass is 35.5. The van der Waals surface area contributed by atoms with Gasteiger partial charge in [-0.3, -0.25) is 4.79 Å². The van der Waals surface area contributed by atoms with Gasteiger partial charge < -0.3 is 16.0 Å². The number of benzene rings is 1. The third-order valence-corrected chi connectivity index (χ3v) is 3.38. The van der Waals surface area contributed by atoms with E-state index in [-0.39, 0.29) is 30.7 Å². The van der Waals surface area contributed by atoms with Crippen LogP contribution in [-0.2, 0) is 0 Å². The lowest BCUT2D eigenvalue weighted by Gasteiger charge is -2.19. The normalized spacial score (nSPS) is 18.3. The first kappa shape index (κ1) is 18.0. The average Bonchev–Trinajstić information content (AvgIpc) is 2.72. The van der Waals surface area contributed by atoms with Crippen LogP contribution < -0.4 is 11.1 Å². The van der Waals surface area contributed by atoms with Crippen molar-refractivity contribution in [3.05, 3.63) is 29.8 Å². The summed E-state index contributed by atoms with van der Waals surface area (Å²) in [6.45, 7) is 1.82. The van der Waals surface area contributed by atoms with Crippen LogP contribution in [0.3, 0.4) is 0 Å². The van der Waals surface area contributed by atoms with Gasteiger partial charge in [-0.1, -0.05) is 12.1 Å². The summed E-state index contributed by atoms with van der Waals surface area (Å²) >= 11 is 0. The fraction of sp³-hybridized carbons (Fsp3) is 0.462. The van der Waals surface area contributed by atoms with Crippen molar-refractivity contribution in [1.82, 2.24) is 10.2 Å². The quantitative estimate of drug-likeness (QED) is 0.839. The highest BCUT2D eigenvalue weighted by Gasteiger charge is 2.21. The highest BCUT2D eigenvalue weighted by molar-refractivity contribution is 5.99. The van der Waals surface area contributed by atoms with Crippen molar-refractivity contribution in [2.45, 2.75) is 18.9 Å². The zero-order chi connectivity index (χ0) is 12.3. The second kappa shape index (κ2) is 8.25. The van der Waals surface area contributed by atoms with E-state index in [2.05, 4.69) is 17.3 Å². The van der Waals surface area contributed by atoms with Crippen molar-refractivity contribution in [3.63, 3.8) is 0 Å². The van der Waals surface area contributed by atoms with E-state index in [0.717, 1.165) is 13.0 Å². The van der Waals surface area contributed by atoms with E-state index in [9.17, 15) is 4.79 Å². The standard InChI is InChI=1S/C13H19N3O.2ClH/c1-16-8-4-5-10(16)9-15-13(17)11-6-2-3-7-12(11)14;;/h2-3,6-7,10H,4-5,8-9,14H2,1H3,(H,15,17);2*1H. The number of rotatable bonds is 3. The molecule has 1 aromatic carbocycles. The fourth-order valence-electron chi connectivity index (χ4n) is 2.25. The molecule has 1 amide bonds. The molecule has 0 aliphatic carbocycles. The first-order valence-corrected chi connectivity index (χ1v) is 6.01. The van der Waals surface area contributed by atoms with Gasteiger partial charge in [-0.2, -0.15) is 0 Å². The lowest BCUT2D eigenvalue weighted by Crippen LogP contribution is -2.38. The Kier molecular flexibility index (Phi) is 7.83. The molecule has 6 heteroatoms. The molecule has 108 valence electrons. The van der Waals surface area contributed by atoms with E-state index in [1.54, 1.807) is 12.1 Å². The molecular weight excluding hydrogens is 285 g/mol. The maximum Gasteiger partial charge on any atom is 0.253 e. The number of amides is 1. The number of halogens is 2. The number of hydrogen-bond donors (Lipinski definition) is 2. The molecule has 1 unspecified atom stereocenters. The molecule has 0 saturated carbocycles. The number of likely N-dealkylation sites (N-methyl/N-ethyl adjacent to an activating group) is 1. The van der Waals surface area contributed by atoms with Crippen molar-refractivity contribution in [2.75, 3.05) is 25.9 Å². The number of nitrogens with two attached hydrogens (primary N) is 1. The Hall–Kier alpha value is -0.970. The Balaban J connectivity index is 0.00000162. The van der Waals surface area contributed by atoms with Crippen molar-refractivity contribution in [1.29, 1.82) is 0 Å².